The summed E-state index contributed by atoms with van der Waals surface area (Å²) >= 11 is 1.51. The molecule has 20 heavy (non-hydrogen) atoms. The van der Waals surface area contributed by atoms with Crippen molar-refractivity contribution >= 4 is 11.8 Å². The monoisotopic (exact) mass is 290 g/mol. The van der Waals surface area contributed by atoms with Crippen LogP contribution in [0.15, 0.2) is 39.1 Å². The predicted octanol–water partition coefficient (Wildman–Crippen LogP) is 2.47. The van der Waals surface area contributed by atoms with Crippen LogP contribution in [0.4, 0.5) is 0 Å². The number of benzene rings is 1. The Morgan fingerprint density at radius 1 is 1.45 bits per heavy atom. The Morgan fingerprint density at radius 3 is 2.75 bits per heavy atom. The molecule has 1 aromatic heterocycles. The number of nitrogens with zero attached hydrogens (tertiary/aromatic N) is 2. The zero-order valence-electron chi connectivity index (χ0n) is 11.4. The standard InChI is InChI=1S/C14H18N4OS/c1-2-12(15)9-3-7-11(8-4-9)20-14-17-16-13(19)18(14)10-5-6-10/h3-4,7-8,10,12H,2,5-6,15H2,1H3,(H,16,19)/t12-/m1/s1. The van der Waals surface area contributed by atoms with Gasteiger partial charge in [-0.05, 0) is 48.7 Å². The van der Waals surface area contributed by atoms with Gasteiger partial charge in [-0.3, -0.25) is 4.57 Å². The van der Waals surface area contributed by atoms with E-state index in [9.17, 15) is 4.79 Å². The molecule has 0 bridgehead atoms. The van der Waals surface area contributed by atoms with E-state index in [0.717, 1.165) is 34.9 Å². The minimum atomic E-state index is -0.111. The van der Waals surface area contributed by atoms with Crippen molar-refractivity contribution in [2.75, 3.05) is 0 Å². The summed E-state index contributed by atoms with van der Waals surface area (Å²) in [6.45, 7) is 2.07. The van der Waals surface area contributed by atoms with Crippen LogP contribution < -0.4 is 11.4 Å². The molecule has 1 aliphatic rings. The fraction of sp³-hybridized carbons (Fsp3) is 0.429. The maximum absolute atomic E-state index is 11.7. The molecule has 3 rings (SSSR count). The van der Waals surface area contributed by atoms with Crippen LogP contribution >= 0.6 is 11.8 Å². The van der Waals surface area contributed by atoms with E-state index in [-0.39, 0.29) is 11.7 Å². The van der Waals surface area contributed by atoms with Gasteiger partial charge in [-0.25, -0.2) is 9.89 Å². The van der Waals surface area contributed by atoms with Crippen LogP contribution in [0.5, 0.6) is 0 Å². The molecule has 1 aromatic carbocycles. The number of hydrogen-bond donors (Lipinski definition) is 2. The van der Waals surface area contributed by atoms with Crippen LogP contribution in [-0.2, 0) is 0 Å². The first-order valence-electron chi connectivity index (χ1n) is 6.89. The van der Waals surface area contributed by atoms with Crippen LogP contribution in [0.2, 0.25) is 0 Å². The Labute approximate surface area is 121 Å². The summed E-state index contributed by atoms with van der Waals surface area (Å²) in [5, 5.41) is 7.38. The highest BCUT2D eigenvalue weighted by molar-refractivity contribution is 7.99. The summed E-state index contributed by atoms with van der Waals surface area (Å²) in [5.74, 6) is 0. The Balaban J connectivity index is 1.79. The maximum Gasteiger partial charge on any atom is 0.344 e. The molecule has 0 saturated heterocycles. The lowest BCUT2D eigenvalue weighted by Gasteiger charge is -2.09. The Hall–Kier alpha value is -1.53. The van der Waals surface area contributed by atoms with Crippen molar-refractivity contribution in [2.45, 2.75) is 48.3 Å². The molecule has 1 aliphatic carbocycles. The van der Waals surface area contributed by atoms with Gasteiger partial charge in [-0.15, -0.1) is 5.10 Å². The average molecular weight is 290 g/mol. The molecule has 0 unspecified atom stereocenters. The van der Waals surface area contributed by atoms with Crippen LogP contribution in [0.1, 0.15) is 43.8 Å². The molecular weight excluding hydrogens is 272 g/mol. The number of aromatic amines is 1. The molecule has 1 fully saturated rings. The van der Waals surface area contributed by atoms with Crippen LogP contribution in [0.3, 0.4) is 0 Å². The van der Waals surface area contributed by atoms with E-state index < -0.39 is 0 Å². The van der Waals surface area contributed by atoms with Crippen molar-refractivity contribution in [3.63, 3.8) is 0 Å². The van der Waals surface area contributed by atoms with Crippen molar-refractivity contribution in [3.05, 3.63) is 40.3 Å². The Kier molecular flexibility index (Phi) is 3.67. The molecule has 5 nitrogen and oxygen atoms in total. The van der Waals surface area contributed by atoms with E-state index in [0.29, 0.717) is 6.04 Å². The molecule has 0 spiro atoms. The third-order valence-electron chi connectivity index (χ3n) is 3.54. The lowest BCUT2D eigenvalue weighted by molar-refractivity contribution is 0.642. The van der Waals surface area contributed by atoms with E-state index in [2.05, 4.69) is 17.1 Å². The molecule has 0 aliphatic heterocycles. The normalized spacial score (nSPS) is 16.3. The minimum absolute atomic E-state index is 0.0871. The average Bonchev–Trinajstić information content (AvgIpc) is 3.24. The van der Waals surface area contributed by atoms with Crippen molar-refractivity contribution in [1.29, 1.82) is 0 Å². The van der Waals surface area contributed by atoms with Crippen molar-refractivity contribution in [2.24, 2.45) is 5.73 Å². The first kappa shape index (κ1) is 13.5. The second-order valence-corrected chi connectivity index (χ2v) is 6.14. The Bertz CT molecular complexity index is 642. The molecule has 1 heterocycles. The van der Waals surface area contributed by atoms with Crippen molar-refractivity contribution in [3.8, 4) is 0 Å². The van der Waals surface area contributed by atoms with Crippen LogP contribution in [0, 0.1) is 0 Å². The molecule has 106 valence electrons. The summed E-state index contributed by atoms with van der Waals surface area (Å²) in [6, 6.07) is 8.57. The van der Waals surface area contributed by atoms with Crippen molar-refractivity contribution in [1.82, 2.24) is 14.8 Å². The summed E-state index contributed by atoms with van der Waals surface area (Å²) in [5.41, 5.74) is 7.03. The van der Waals surface area contributed by atoms with Gasteiger partial charge >= 0.3 is 5.69 Å². The summed E-state index contributed by atoms with van der Waals surface area (Å²) in [7, 11) is 0. The second-order valence-electron chi connectivity index (χ2n) is 5.10. The first-order valence-corrected chi connectivity index (χ1v) is 7.71. The summed E-state index contributed by atoms with van der Waals surface area (Å²) in [6.07, 6.45) is 3.06. The third-order valence-corrected chi connectivity index (χ3v) is 4.52. The number of H-pyrrole nitrogens is 1. The van der Waals surface area contributed by atoms with Crippen LogP contribution in [0.25, 0.3) is 0 Å². The molecule has 3 N–H and O–H groups in total. The van der Waals surface area contributed by atoms with E-state index in [1.807, 2.05) is 24.3 Å². The third kappa shape index (κ3) is 2.66. The molecule has 1 atom stereocenters. The van der Waals surface area contributed by atoms with Gasteiger partial charge in [0.1, 0.15) is 0 Å². The lowest BCUT2D eigenvalue weighted by Crippen LogP contribution is -2.15. The molecule has 0 radical (unpaired) electrons. The lowest BCUT2D eigenvalue weighted by atomic mass is 10.1. The SMILES string of the molecule is CC[C@@H](N)c1ccc(Sc2n[nH]c(=O)n2C2CC2)cc1. The van der Waals surface area contributed by atoms with Gasteiger partial charge in [0.15, 0.2) is 5.16 Å². The smallest absolute Gasteiger partial charge is 0.324 e. The summed E-state index contributed by atoms with van der Waals surface area (Å²) < 4.78 is 1.76. The molecule has 1 saturated carbocycles. The fourth-order valence-corrected chi connectivity index (χ4v) is 3.05. The molecule has 2 aromatic rings. The van der Waals surface area contributed by atoms with Gasteiger partial charge in [-0.2, -0.15) is 0 Å². The largest absolute Gasteiger partial charge is 0.344 e. The highest BCUT2D eigenvalue weighted by Crippen LogP contribution is 2.37. The number of rotatable bonds is 5. The van der Waals surface area contributed by atoms with Gasteiger partial charge < -0.3 is 5.73 Å². The maximum atomic E-state index is 11.7. The van der Waals surface area contributed by atoms with E-state index in [1.54, 1.807) is 4.57 Å². The van der Waals surface area contributed by atoms with Crippen LogP contribution in [-0.4, -0.2) is 14.8 Å². The topological polar surface area (TPSA) is 76.7 Å². The molecular formula is C14H18N4OS. The summed E-state index contributed by atoms with van der Waals surface area (Å²) in [4.78, 5) is 12.8. The predicted molar refractivity (Wildman–Crippen MR) is 78.9 cm³/mol. The highest BCUT2D eigenvalue weighted by atomic mass is 32.2. The minimum Gasteiger partial charge on any atom is -0.324 e. The van der Waals surface area contributed by atoms with Gasteiger partial charge in [-0.1, -0.05) is 19.1 Å². The van der Waals surface area contributed by atoms with Gasteiger partial charge in [0.05, 0.1) is 0 Å². The van der Waals surface area contributed by atoms with E-state index in [4.69, 9.17) is 5.73 Å². The number of hydrogen-bond acceptors (Lipinski definition) is 4. The molecule has 6 heteroatoms. The van der Waals surface area contributed by atoms with Gasteiger partial charge in [0, 0.05) is 17.0 Å². The van der Waals surface area contributed by atoms with E-state index in [1.165, 1.54) is 11.8 Å². The second kappa shape index (κ2) is 5.46. The van der Waals surface area contributed by atoms with Gasteiger partial charge in [0.25, 0.3) is 0 Å². The molecule has 0 amide bonds. The number of nitrogens with one attached hydrogen (secondary N) is 1. The Morgan fingerprint density at radius 2 is 2.15 bits per heavy atom. The quantitative estimate of drug-likeness (QED) is 0.887. The van der Waals surface area contributed by atoms with Crippen molar-refractivity contribution < 1.29 is 0 Å². The highest BCUT2D eigenvalue weighted by Gasteiger charge is 2.28. The number of nitrogens with two attached hydrogens (primary N) is 1. The zero-order valence-corrected chi connectivity index (χ0v) is 12.2. The fourth-order valence-electron chi connectivity index (χ4n) is 2.14. The number of aromatic nitrogens is 3. The van der Waals surface area contributed by atoms with E-state index >= 15 is 0 Å². The first-order chi connectivity index (χ1) is 9.69. The van der Waals surface area contributed by atoms with Gasteiger partial charge in [0.2, 0.25) is 0 Å². The zero-order chi connectivity index (χ0) is 14.1.